The Bertz CT molecular complexity index is 1100. The Morgan fingerprint density at radius 1 is 1.29 bits per heavy atom. The molecule has 3 rings (SSSR count). The van der Waals surface area contributed by atoms with Crippen molar-refractivity contribution in [3.8, 4) is 5.75 Å². The number of anilines is 1. The van der Waals surface area contributed by atoms with Crippen molar-refractivity contribution in [3.05, 3.63) is 69.0 Å². The molecule has 0 radical (unpaired) electrons. The van der Waals surface area contributed by atoms with Crippen molar-refractivity contribution in [2.45, 2.75) is 32.2 Å². The highest BCUT2D eigenvalue weighted by Crippen LogP contribution is 2.27. The average molecular weight is 462 g/mol. The summed E-state index contributed by atoms with van der Waals surface area (Å²) in [5.74, 6) is 1.17. The molecule has 0 atom stereocenters. The third-order valence-corrected chi connectivity index (χ3v) is 5.61. The van der Waals surface area contributed by atoms with Gasteiger partial charge in [-0.25, -0.2) is 0 Å². The van der Waals surface area contributed by atoms with Gasteiger partial charge < -0.3 is 14.6 Å². The Labute approximate surface area is 187 Å². The summed E-state index contributed by atoms with van der Waals surface area (Å²) in [4.78, 5) is 22.7. The second kappa shape index (κ2) is 10.3. The van der Waals surface area contributed by atoms with E-state index in [2.05, 4.69) is 15.5 Å². The van der Waals surface area contributed by atoms with Crippen LogP contribution in [0.5, 0.6) is 5.75 Å². The van der Waals surface area contributed by atoms with Gasteiger partial charge in [0.05, 0.1) is 10.7 Å². The third kappa shape index (κ3) is 5.74. The van der Waals surface area contributed by atoms with E-state index in [0.29, 0.717) is 23.2 Å². The zero-order valence-corrected chi connectivity index (χ0v) is 18.4. The molecule has 0 aliphatic heterocycles. The first-order chi connectivity index (χ1) is 14.9. The Morgan fingerprint density at radius 2 is 2.06 bits per heavy atom. The number of aromatic nitrogens is 3. The molecule has 9 nitrogen and oxygen atoms in total. The van der Waals surface area contributed by atoms with Crippen LogP contribution in [0.3, 0.4) is 0 Å². The van der Waals surface area contributed by atoms with Crippen LogP contribution in [0.1, 0.15) is 18.3 Å². The van der Waals surface area contributed by atoms with Gasteiger partial charge >= 0.3 is 0 Å². The lowest BCUT2D eigenvalue weighted by Gasteiger charge is -2.10. The number of nitro benzene ring substituents is 1. The number of ether oxygens (including phenoxy) is 1. The number of nitrogens with zero attached hydrogens (tertiary/aromatic N) is 4. The number of hydrogen-bond acceptors (Lipinski definition) is 7. The predicted octanol–water partition coefficient (Wildman–Crippen LogP) is 4.48. The number of thioether (sulfide) groups is 1. The maximum Gasteiger partial charge on any atom is 0.289 e. The molecule has 0 unspecified atom stereocenters. The summed E-state index contributed by atoms with van der Waals surface area (Å²) in [6, 6.07) is 11.8. The van der Waals surface area contributed by atoms with E-state index in [4.69, 9.17) is 16.3 Å². The first-order valence-corrected chi connectivity index (χ1v) is 10.7. The first-order valence-electron chi connectivity index (χ1n) is 9.36. The molecule has 2 aromatic carbocycles. The maximum absolute atomic E-state index is 12.3. The standard InChI is InChI=1S/C20H20ClN5O4S/c1-3-25-18(11-30-17-7-5-4-6-13(17)2)23-24-20(25)31-12-19(27)22-14-8-9-15(21)16(10-14)26(28)29/h4-10H,3,11-12H2,1-2H3,(H,22,27). The Kier molecular flexibility index (Phi) is 7.48. The van der Waals surface area contributed by atoms with Gasteiger partial charge in [0.25, 0.3) is 5.69 Å². The number of carbonyl (C=O) groups is 1. The topological polar surface area (TPSA) is 112 Å². The van der Waals surface area contributed by atoms with Crippen molar-refractivity contribution in [2.24, 2.45) is 0 Å². The van der Waals surface area contributed by atoms with E-state index >= 15 is 0 Å². The molecule has 3 aromatic rings. The smallest absolute Gasteiger partial charge is 0.289 e. The van der Waals surface area contributed by atoms with Gasteiger partial charge in [0.2, 0.25) is 5.91 Å². The summed E-state index contributed by atoms with van der Waals surface area (Å²) in [5.41, 5.74) is 1.06. The van der Waals surface area contributed by atoms with Gasteiger partial charge in [-0.2, -0.15) is 0 Å². The van der Waals surface area contributed by atoms with Crippen LogP contribution in [0.25, 0.3) is 0 Å². The molecule has 0 aliphatic rings. The van der Waals surface area contributed by atoms with E-state index in [9.17, 15) is 14.9 Å². The highest BCUT2D eigenvalue weighted by atomic mass is 35.5. The molecule has 0 saturated carbocycles. The lowest BCUT2D eigenvalue weighted by molar-refractivity contribution is -0.384. The summed E-state index contributed by atoms with van der Waals surface area (Å²) in [6.45, 7) is 4.80. The maximum atomic E-state index is 12.3. The fourth-order valence-corrected chi connectivity index (χ4v) is 3.78. The molecule has 31 heavy (non-hydrogen) atoms. The quantitative estimate of drug-likeness (QED) is 0.284. The van der Waals surface area contributed by atoms with E-state index in [1.807, 2.05) is 42.7 Å². The minimum absolute atomic E-state index is 0.00821. The molecular weight excluding hydrogens is 442 g/mol. The highest BCUT2D eigenvalue weighted by molar-refractivity contribution is 7.99. The number of nitrogens with one attached hydrogen (secondary N) is 1. The number of benzene rings is 2. The summed E-state index contributed by atoms with van der Waals surface area (Å²) in [5, 5.41) is 22.5. The monoisotopic (exact) mass is 461 g/mol. The van der Waals surface area contributed by atoms with Gasteiger partial charge in [0.1, 0.15) is 17.4 Å². The van der Waals surface area contributed by atoms with Crippen molar-refractivity contribution in [3.63, 3.8) is 0 Å². The normalized spacial score (nSPS) is 10.7. The molecule has 1 heterocycles. The second-order valence-electron chi connectivity index (χ2n) is 6.46. The van der Waals surface area contributed by atoms with E-state index in [-0.39, 0.29) is 29.0 Å². The van der Waals surface area contributed by atoms with Crippen LogP contribution < -0.4 is 10.1 Å². The van der Waals surface area contributed by atoms with Crippen molar-refractivity contribution in [1.82, 2.24) is 14.8 Å². The van der Waals surface area contributed by atoms with Crippen LogP contribution in [0.2, 0.25) is 5.02 Å². The van der Waals surface area contributed by atoms with Crippen LogP contribution in [-0.4, -0.2) is 31.3 Å². The third-order valence-electron chi connectivity index (χ3n) is 4.32. The van der Waals surface area contributed by atoms with Gasteiger partial charge in [-0.3, -0.25) is 14.9 Å². The number of carbonyl (C=O) groups excluding carboxylic acids is 1. The van der Waals surface area contributed by atoms with Gasteiger partial charge in [-0.1, -0.05) is 41.6 Å². The second-order valence-corrected chi connectivity index (χ2v) is 7.81. The first kappa shape index (κ1) is 22.6. The molecule has 1 aromatic heterocycles. The minimum Gasteiger partial charge on any atom is -0.485 e. The van der Waals surface area contributed by atoms with Crippen LogP contribution in [-0.2, 0) is 17.9 Å². The molecule has 0 bridgehead atoms. The molecule has 0 fully saturated rings. The number of rotatable bonds is 9. The number of aryl methyl sites for hydroxylation is 1. The summed E-state index contributed by atoms with van der Waals surface area (Å²) in [7, 11) is 0. The SMILES string of the molecule is CCn1c(COc2ccccc2C)nnc1SCC(=O)Nc1ccc(Cl)c([N+](=O)[O-])c1. The van der Waals surface area contributed by atoms with Gasteiger partial charge in [0.15, 0.2) is 11.0 Å². The van der Waals surface area contributed by atoms with E-state index < -0.39 is 4.92 Å². The summed E-state index contributed by atoms with van der Waals surface area (Å²) in [6.07, 6.45) is 0. The number of nitro groups is 1. The minimum atomic E-state index is -0.600. The van der Waals surface area contributed by atoms with E-state index in [1.165, 1.54) is 30.0 Å². The average Bonchev–Trinajstić information content (AvgIpc) is 3.14. The molecule has 1 N–H and O–H groups in total. The van der Waals surface area contributed by atoms with Crippen LogP contribution in [0, 0.1) is 17.0 Å². The zero-order valence-electron chi connectivity index (χ0n) is 16.9. The van der Waals surface area contributed by atoms with Crippen LogP contribution in [0.15, 0.2) is 47.6 Å². The van der Waals surface area contributed by atoms with Gasteiger partial charge in [-0.15, -0.1) is 10.2 Å². The molecule has 0 saturated heterocycles. The fourth-order valence-electron chi connectivity index (χ4n) is 2.77. The Hall–Kier alpha value is -3.11. The molecule has 1 amide bonds. The van der Waals surface area contributed by atoms with E-state index in [1.54, 1.807) is 0 Å². The van der Waals surface area contributed by atoms with Crippen LogP contribution in [0.4, 0.5) is 11.4 Å². The van der Waals surface area contributed by atoms with Gasteiger partial charge in [-0.05, 0) is 37.6 Å². The van der Waals surface area contributed by atoms with Crippen molar-refractivity contribution in [2.75, 3.05) is 11.1 Å². The Morgan fingerprint density at radius 3 is 2.77 bits per heavy atom. The van der Waals surface area contributed by atoms with Crippen molar-refractivity contribution in [1.29, 1.82) is 0 Å². The molecular formula is C20H20ClN5O4S. The summed E-state index contributed by atoms with van der Waals surface area (Å²) < 4.78 is 7.72. The predicted molar refractivity (Wildman–Crippen MR) is 119 cm³/mol. The number of halogens is 1. The molecule has 162 valence electrons. The number of amides is 1. The number of para-hydroxylation sites is 1. The molecule has 0 spiro atoms. The van der Waals surface area contributed by atoms with Crippen LogP contribution >= 0.6 is 23.4 Å². The largest absolute Gasteiger partial charge is 0.485 e. The fraction of sp³-hybridized carbons (Fsp3) is 0.250. The lowest BCUT2D eigenvalue weighted by atomic mass is 10.2. The number of hydrogen-bond donors (Lipinski definition) is 1. The lowest BCUT2D eigenvalue weighted by Crippen LogP contribution is -2.15. The zero-order chi connectivity index (χ0) is 22.4. The molecule has 0 aliphatic carbocycles. The van der Waals surface area contributed by atoms with E-state index in [0.717, 1.165) is 11.3 Å². The summed E-state index contributed by atoms with van der Waals surface area (Å²) >= 11 is 7.01. The Balaban J connectivity index is 1.60. The van der Waals surface area contributed by atoms with Crippen molar-refractivity contribution >= 4 is 40.6 Å². The highest BCUT2D eigenvalue weighted by Gasteiger charge is 2.16. The van der Waals surface area contributed by atoms with Crippen molar-refractivity contribution < 1.29 is 14.5 Å². The molecule has 11 heteroatoms. The van der Waals surface area contributed by atoms with Gasteiger partial charge in [0, 0.05) is 18.3 Å².